The molecule has 1 amide bonds. The van der Waals surface area contributed by atoms with Crippen LogP contribution in [0.5, 0.6) is 0 Å². The molecule has 0 aromatic heterocycles. The number of amides is 1. The smallest absolute Gasteiger partial charge is 0.249 e. The molecule has 454 valence electrons. The van der Waals surface area contributed by atoms with Crippen molar-refractivity contribution in [1.29, 1.82) is 0 Å². The normalized spacial score (nSPS) is 19.7. The zero-order valence-electron chi connectivity index (χ0n) is 50.0. The fourth-order valence-corrected chi connectivity index (χ4v) is 10.6. The fraction of sp³-hybridized carbons (Fsp3) is 0.894. The van der Waals surface area contributed by atoms with Gasteiger partial charge in [0.25, 0.3) is 0 Å². The third-order valence-corrected chi connectivity index (χ3v) is 15.9. The molecule has 1 saturated heterocycles. The van der Waals surface area contributed by atoms with Crippen LogP contribution in [-0.2, 0) is 14.3 Å². The Bertz CT molecular complexity index is 1350. The summed E-state index contributed by atoms with van der Waals surface area (Å²) in [4.78, 5) is 13.2. The number of rotatable bonds is 57. The lowest BCUT2D eigenvalue weighted by Gasteiger charge is -2.40. The second kappa shape index (κ2) is 54.9. The van der Waals surface area contributed by atoms with Gasteiger partial charge < -0.3 is 50.5 Å². The molecule has 1 rings (SSSR count). The summed E-state index contributed by atoms with van der Waals surface area (Å²) in [6, 6.07) is -1.19. The fourth-order valence-electron chi connectivity index (χ4n) is 10.6. The predicted molar refractivity (Wildman–Crippen MR) is 321 cm³/mol. The summed E-state index contributed by atoms with van der Waals surface area (Å²) in [5.41, 5.74) is 0. The van der Waals surface area contributed by atoms with E-state index in [1.165, 1.54) is 225 Å². The Morgan fingerprint density at radius 1 is 0.442 bits per heavy atom. The summed E-state index contributed by atoms with van der Waals surface area (Å²) >= 11 is 0. The lowest BCUT2D eigenvalue weighted by Crippen LogP contribution is -2.60. The van der Waals surface area contributed by atoms with Gasteiger partial charge in [0.2, 0.25) is 5.91 Å². The Morgan fingerprint density at radius 2 is 0.779 bits per heavy atom. The van der Waals surface area contributed by atoms with Gasteiger partial charge in [-0.2, -0.15) is 0 Å². The Labute approximate surface area is 473 Å². The molecule has 1 fully saturated rings. The molecule has 0 aliphatic carbocycles. The van der Waals surface area contributed by atoms with E-state index in [0.717, 1.165) is 38.5 Å². The second-order valence-corrected chi connectivity index (χ2v) is 23.2. The molecule has 0 bridgehead atoms. The van der Waals surface area contributed by atoms with E-state index in [0.29, 0.717) is 19.3 Å². The lowest BCUT2D eigenvalue weighted by molar-refractivity contribution is -0.303. The van der Waals surface area contributed by atoms with Gasteiger partial charge in [-0.1, -0.05) is 269 Å². The Kier molecular flexibility index (Phi) is 52.3. The predicted octanol–water partition coefficient (Wildman–Crippen LogP) is 15.0. The number of nitrogens with one attached hydrogen (secondary N) is 1. The topological polar surface area (TPSA) is 189 Å². The van der Waals surface area contributed by atoms with E-state index >= 15 is 0 Å². The first-order valence-electron chi connectivity index (χ1n) is 32.9. The van der Waals surface area contributed by atoms with E-state index in [2.05, 4.69) is 55.6 Å². The van der Waals surface area contributed by atoms with Gasteiger partial charge in [-0.3, -0.25) is 4.79 Å². The van der Waals surface area contributed by atoms with E-state index in [-0.39, 0.29) is 12.8 Å². The summed E-state index contributed by atoms with van der Waals surface area (Å²) in [6.45, 7) is 3.48. The summed E-state index contributed by atoms with van der Waals surface area (Å²) in [7, 11) is 0. The largest absolute Gasteiger partial charge is 0.394 e. The van der Waals surface area contributed by atoms with E-state index in [1.54, 1.807) is 0 Å². The molecule has 1 aliphatic heterocycles. The van der Waals surface area contributed by atoms with E-state index in [4.69, 9.17) is 9.47 Å². The number of unbranched alkanes of at least 4 members (excludes halogenated alkanes) is 39. The maximum atomic E-state index is 13.2. The maximum absolute atomic E-state index is 13.2. The molecule has 8 N–H and O–H groups in total. The highest BCUT2D eigenvalue weighted by Gasteiger charge is 2.44. The van der Waals surface area contributed by atoms with Crippen LogP contribution in [0.3, 0.4) is 0 Å². The van der Waals surface area contributed by atoms with E-state index < -0.39 is 74.2 Å². The first-order chi connectivity index (χ1) is 37.7. The minimum Gasteiger partial charge on any atom is -0.394 e. The molecule has 11 nitrogen and oxygen atoms in total. The Balaban J connectivity index is 2.25. The quantitative estimate of drug-likeness (QED) is 0.0215. The van der Waals surface area contributed by atoms with Crippen LogP contribution in [0, 0.1) is 0 Å². The molecule has 0 aromatic carbocycles. The molecule has 1 aliphatic rings. The van der Waals surface area contributed by atoms with Gasteiger partial charge in [0.15, 0.2) is 6.29 Å². The van der Waals surface area contributed by atoms with E-state index in [1.807, 2.05) is 0 Å². The summed E-state index contributed by atoms with van der Waals surface area (Å²) in [6.07, 6.45) is 57.9. The number of ether oxygens (including phenoxy) is 2. The zero-order valence-corrected chi connectivity index (χ0v) is 50.0. The number of hydrogen-bond acceptors (Lipinski definition) is 10. The van der Waals surface area contributed by atoms with Crippen molar-refractivity contribution in [2.45, 2.75) is 364 Å². The molecule has 9 atom stereocenters. The third kappa shape index (κ3) is 42.8. The lowest BCUT2D eigenvalue weighted by atomic mass is 9.98. The summed E-state index contributed by atoms with van der Waals surface area (Å²) in [5.74, 6) is -0.707. The number of aliphatic hydroxyl groups is 7. The van der Waals surface area contributed by atoms with Crippen molar-refractivity contribution in [3.8, 4) is 0 Å². The Hall–Kier alpha value is -1.67. The molecule has 11 heteroatoms. The number of carbonyl (C=O) groups is 1. The van der Waals surface area contributed by atoms with Gasteiger partial charge >= 0.3 is 0 Å². The summed E-state index contributed by atoms with van der Waals surface area (Å²) in [5, 5.41) is 76.3. The van der Waals surface area contributed by atoms with Crippen LogP contribution in [0.2, 0.25) is 0 Å². The van der Waals surface area contributed by atoms with Crippen LogP contribution in [0.25, 0.3) is 0 Å². The van der Waals surface area contributed by atoms with Crippen molar-refractivity contribution < 1.29 is 50.0 Å². The van der Waals surface area contributed by atoms with Crippen molar-refractivity contribution in [1.82, 2.24) is 5.32 Å². The average molecular weight is 1090 g/mol. The number of aliphatic hydroxyl groups excluding tert-OH is 7. The molecule has 0 saturated carbocycles. The molecule has 0 spiro atoms. The van der Waals surface area contributed by atoms with Crippen molar-refractivity contribution in [2.24, 2.45) is 0 Å². The first kappa shape index (κ1) is 73.3. The van der Waals surface area contributed by atoms with Crippen molar-refractivity contribution >= 4 is 5.91 Å². The molecule has 9 unspecified atom stereocenters. The highest BCUT2D eigenvalue weighted by molar-refractivity contribution is 5.80. The molecule has 77 heavy (non-hydrogen) atoms. The molecule has 1 heterocycles. The highest BCUT2D eigenvalue weighted by Crippen LogP contribution is 2.24. The van der Waals surface area contributed by atoms with Crippen LogP contribution in [0.4, 0.5) is 0 Å². The minimum atomic E-state index is -1.67. The minimum absolute atomic E-state index is 0.247. The van der Waals surface area contributed by atoms with Crippen molar-refractivity contribution in [3.63, 3.8) is 0 Å². The van der Waals surface area contributed by atoms with Crippen LogP contribution in [0.15, 0.2) is 36.5 Å². The van der Waals surface area contributed by atoms with Gasteiger partial charge in [-0.15, -0.1) is 0 Å². The zero-order chi connectivity index (χ0) is 56.1. The average Bonchev–Trinajstić information content (AvgIpc) is 3.43. The Morgan fingerprint density at radius 3 is 1.16 bits per heavy atom. The standard InChI is InChI=1S/C66H125NO10/c1-3-5-7-9-11-13-15-17-19-21-23-25-26-27-28-29-30-31-32-34-36-38-40-42-44-46-48-50-52-54-59(70)65(75)67-57(56-76-66-64(74)63(73)62(72)60(55-68)77-66)61(71)58(69)53-51-49-47-45-43-41-39-37-35-33-24-22-20-18-16-14-12-10-8-6-4-2/h27-28,37,39,45,47,57-64,66,68-74H,3-26,29-36,38,40-44,46,48-56H2,1-2H3,(H,67,75)/b28-27-,39-37+,47-45+. The monoisotopic (exact) mass is 1090 g/mol. The van der Waals surface area contributed by atoms with Gasteiger partial charge in [-0.25, -0.2) is 0 Å². The molecular weight excluding hydrogens is 967 g/mol. The van der Waals surface area contributed by atoms with E-state index in [9.17, 15) is 40.5 Å². The van der Waals surface area contributed by atoms with Crippen molar-refractivity contribution in [2.75, 3.05) is 13.2 Å². The SMILES string of the molecule is CCCCCCCCCCCCCC/C=C\CCCCCCCCCCCCCCCC(O)C(=O)NC(COC1OC(CO)C(O)C(O)C1O)C(O)C(O)CCC/C=C/CC/C=C/CCCCCCCCCCCCCC. The molecule has 0 aromatic rings. The van der Waals surface area contributed by atoms with Gasteiger partial charge in [0, 0.05) is 0 Å². The van der Waals surface area contributed by atoms with Crippen LogP contribution < -0.4 is 5.32 Å². The maximum Gasteiger partial charge on any atom is 0.249 e. The molecule has 0 radical (unpaired) electrons. The highest BCUT2D eigenvalue weighted by atomic mass is 16.7. The second-order valence-electron chi connectivity index (χ2n) is 23.2. The number of carbonyl (C=O) groups excluding carboxylic acids is 1. The van der Waals surface area contributed by atoms with Gasteiger partial charge in [0.05, 0.1) is 25.4 Å². The number of allylic oxidation sites excluding steroid dienone is 6. The third-order valence-electron chi connectivity index (χ3n) is 15.9. The van der Waals surface area contributed by atoms with Crippen LogP contribution in [-0.4, -0.2) is 110 Å². The van der Waals surface area contributed by atoms with Crippen LogP contribution >= 0.6 is 0 Å². The number of hydrogen-bond donors (Lipinski definition) is 8. The summed E-state index contributed by atoms with van der Waals surface area (Å²) < 4.78 is 11.2. The molecular formula is C66H125NO10. The van der Waals surface area contributed by atoms with Gasteiger partial charge in [-0.05, 0) is 77.0 Å². The van der Waals surface area contributed by atoms with Crippen molar-refractivity contribution in [3.05, 3.63) is 36.5 Å². The van der Waals surface area contributed by atoms with Gasteiger partial charge in [0.1, 0.15) is 36.6 Å². The van der Waals surface area contributed by atoms with Crippen LogP contribution in [0.1, 0.15) is 309 Å². The first-order valence-corrected chi connectivity index (χ1v) is 32.9.